The molecule has 2 rings (SSSR count). The first-order valence-electron chi connectivity index (χ1n) is 5.73. The van der Waals surface area contributed by atoms with Gasteiger partial charge in [0.1, 0.15) is 5.69 Å². The molecule has 1 amide bonds. The molecule has 0 unspecified atom stereocenters. The first-order valence-corrected chi connectivity index (χ1v) is 7.51. The topological polar surface area (TPSA) is 34.0 Å². The summed E-state index contributed by atoms with van der Waals surface area (Å²) in [4.78, 5) is 11.9. The molecule has 0 bridgehead atoms. The SMILES string of the molecule is O=C(NCCSC(F)(F)F)c1cc(Br)cn1C1CC1. The van der Waals surface area contributed by atoms with Crippen LogP contribution in [0.4, 0.5) is 13.2 Å². The van der Waals surface area contributed by atoms with Crippen LogP contribution in [0.2, 0.25) is 0 Å². The van der Waals surface area contributed by atoms with Crippen molar-refractivity contribution in [3.8, 4) is 0 Å². The highest BCUT2D eigenvalue weighted by atomic mass is 79.9. The van der Waals surface area contributed by atoms with Crippen molar-refractivity contribution in [1.82, 2.24) is 9.88 Å². The molecular formula is C11H12BrF3N2OS. The Morgan fingerprint density at radius 1 is 1.53 bits per heavy atom. The molecule has 1 aromatic heterocycles. The number of carbonyl (C=O) groups is 1. The van der Waals surface area contributed by atoms with E-state index in [-0.39, 0.29) is 30.0 Å². The van der Waals surface area contributed by atoms with E-state index in [9.17, 15) is 18.0 Å². The summed E-state index contributed by atoms with van der Waals surface area (Å²) in [6.45, 7) is -0.00350. The largest absolute Gasteiger partial charge is 0.441 e. The number of hydrogen-bond acceptors (Lipinski definition) is 2. The first kappa shape index (κ1) is 14.8. The highest BCUT2D eigenvalue weighted by Crippen LogP contribution is 2.37. The quantitative estimate of drug-likeness (QED) is 0.818. The maximum atomic E-state index is 11.9. The molecule has 1 aliphatic carbocycles. The Kier molecular flexibility index (Phi) is 4.50. The number of alkyl halides is 3. The van der Waals surface area contributed by atoms with Gasteiger partial charge in [-0.05, 0) is 46.6 Å². The molecule has 19 heavy (non-hydrogen) atoms. The second-order valence-electron chi connectivity index (χ2n) is 4.23. The third-order valence-electron chi connectivity index (χ3n) is 2.64. The molecule has 0 radical (unpaired) electrons. The monoisotopic (exact) mass is 356 g/mol. The minimum atomic E-state index is -4.25. The Balaban J connectivity index is 1.86. The molecular weight excluding hydrogens is 345 g/mol. The van der Waals surface area contributed by atoms with Crippen molar-refractivity contribution in [2.75, 3.05) is 12.3 Å². The number of nitrogens with one attached hydrogen (secondary N) is 1. The number of aromatic nitrogens is 1. The summed E-state index contributed by atoms with van der Waals surface area (Å²) in [5, 5.41) is 2.51. The minimum absolute atomic E-state index is 0.00350. The molecule has 1 N–H and O–H groups in total. The van der Waals surface area contributed by atoms with Crippen LogP contribution in [0.1, 0.15) is 29.4 Å². The summed E-state index contributed by atoms with van der Waals surface area (Å²) in [6.07, 6.45) is 3.90. The van der Waals surface area contributed by atoms with Crippen LogP contribution in [0, 0.1) is 0 Å². The standard InChI is InChI=1S/C11H12BrF3N2OS/c12-7-5-9(17(6-7)8-1-2-8)10(18)16-3-4-19-11(13,14)15/h5-6,8H,1-4H2,(H,16,18). The van der Waals surface area contributed by atoms with Gasteiger partial charge in [0.25, 0.3) is 5.91 Å². The molecule has 106 valence electrons. The molecule has 1 aliphatic rings. The lowest BCUT2D eigenvalue weighted by atomic mass is 10.4. The van der Waals surface area contributed by atoms with Gasteiger partial charge in [0.15, 0.2) is 0 Å². The molecule has 8 heteroatoms. The van der Waals surface area contributed by atoms with Gasteiger partial charge in [0, 0.05) is 29.0 Å². The van der Waals surface area contributed by atoms with Crippen LogP contribution in [0.5, 0.6) is 0 Å². The molecule has 1 heterocycles. The molecule has 0 aromatic carbocycles. The maximum absolute atomic E-state index is 11.9. The molecule has 3 nitrogen and oxygen atoms in total. The van der Waals surface area contributed by atoms with Gasteiger partial charge in [0.2, 0.25) is 0 Å². The van der Waals surface area contributed by atoms with Crippen LogP contribution in [-0.4, -0.2) is 28.3 Å². The minimum Gasteiger partial charge on any atom is -0.350 e. The van der Waals surface area contributed by atoms with E-state index in [1.807, 2.05) is 10.8 Å². The fourth-order valence-electron chi connectivity index (χ4n) is 1.70. The lowest BCUT2D eigenvalue weighted by Crippen LogP contribution is -2.28. The van der Waals surface area contributed by atoms with Gasteiger partial charge in [-0.1, -0.05) is 0 Å². The molecule has 0 spiro atoms. The predicted molar refractivity (Wildman–Crippen MR) is 71.2 cm³/mol. The number of thioether (sulfide) groups is 1. The normalized spacial score (nSPS) is 15.6. The first-order chi connectivity index (χ1) is 8.87. The van der Waals surface area contributed by atoms with Crippen LogP contribution < -0.4 is 5.32 Å². The Morgan fingerprint density at radius 2 is 2.21 bits per heavy atom. The van der Waals surface area contributed by atoms with Gasteiger partial charge < -0.3 is 9.88 Å². The molecule has 0 atom stereocenters. The molecule has 1 saturated carbocycles. The predicted octanol–water partition coefficient (Wildman–Crippen LogP) is 3.57. The number of carbonyl (C=O) groups excluding carboxylic acids is 1. The van der Waals surface area contributed by atoms with E-state index in [0.29, 0.717) is 11.7 Å². The Hall–Kier alpha value is -0.630. The van der Waals surface area contributed by atoms with Crippen LogP contribution in [0.3, 0.4) is 0 Å². The van der Waals surface area contributed by atoms with Crippen LogP contribution in [-0.2, 0) is 0 Å². The smallest absolute Gasteiger partial charge is 0.350 e. The lowest BCUT2D eigenvalue weighted by Gasteiger charge is -2.09. The van der Waals surface area contributed by atoms with Crippen LogP contribution >= 0.6 is 27.7 Å². The van der Waals surface area contributed by atoms with Gasteiger partial charge >= 0.3 is 5.51 Å². The fraction of sp³-hybridized carbons (Fsp3) is 0.545. The van der Waals surface area contributed by atoms with Crippen LogP contribution in [0.15, 0.2) is 16.7 Å². The average molecular weight is 357 g/mol. The molecule has 1 fully saturated rings. The fourth-order valence-corrected chi connectivity index (χ4v) is 2.58. The number of halogens is 4. The van der Waals surface area contributed by atoms with E-state index in [1.54, 1.807) is 6.07 Å². The van der Waals surface area contributed by atoms with Crippen molar-refractivity contribution < 1.29 is 18.0 Å². The lowest BCUT2D eigenvalue weighted by molar-refractivity contribution is -0.0327. The van der Waals surface area contributed by atoms with E-state index in [1.165, 1.54) is 0 Å². The van der Waals surface area contributed by atoms with Crippen molar-refractivity contribution in [2.45, 2.75) is 24.4 Å². The van der Waals surface area contributed by atoms with Crippen molar-refractivity contribution in [2.24, 2.45) is 0 Å². The Morgan fingerprint density at radius 3 is 2.79 bits per heavy atom. The van der Waals surface area contributed by atoms with Crippen molar-refractivity contribution in [3.63, 3.8) is 0 Å². The summed E-state index contributed by atoms with van der Waals surface area (Å²) in [5.41, 5.74) is -3.76. The highest BCUT2D eigenvalue weighted by Gasteiger charge is 2.29. The van der Waals surface area contributed by atoms with Crippen molar-refractivity contribution in [3.05, 3.63) is 22.4 Å². The Labute approximate surface area is 121 Å². The van der Waals surface area contributed by atoms with E-state index in [2.05, 4.69) is 21.2 Å². The van der Waals surface area contributed by atoms with Gasteiger partial charge in [-0.15, -0.1) is 0 Å². The highest BCUT2D eigenvalue weighted by molar-refractivity contribution is 9.10. The van der Waals surface area contributed by atoms with Gasteiger partial charge in [-0.2, -0.15) is 13.2 Å². The zero-order valence-electron chi connectivity index (χ0n) is 9.84. The number of nitrogens with zero attached hydrogens (tertiary/aromatic N) is 1. The van der Waals surface area contributed by atoms with Crippen molar-refractivity contribution >= 4 is 33.6 Å². The van der Waals surface area contributed by atoms with E-state index < -0.39 is 5.51 Å². The van der Waals surface area contributed by atoms with Crippen molar-refractivity contribution in [1.29, 1.82) is 0 Å². The number of rotatable bonds is 5. The molecule has 1 aromatic rings. The van der Waals surface area contributed by atoms with E-state index in [0.717, 1.165) is 17.3 Å². The van der Waals surface area contributed by atoms with Gasteiger partial charge in [0.05, 0.1) is 0 Å². The zero-order valence-corrected chi connectivity index (χ0v) is 12.2. The summed E-state index contributed by atoms with van der Waals surface area (Å²) < 4.78 is 38.4. The third-order valence-corrected chi connectivity index (χ3v) is 3.81. The maximum Gasteiger partial charge on any atom is 0.441 e. The Bertz CT molecular complexity index is 471. The third kappa shape index (κ3) is 4.45. The van der Waals surface area contributed by atoms with Gasteiger partial charge in [-0.3, -0.25) is 4.79 Å². The second kappa shape index (κ2) is 5.78. The number of amides is 1. The molecule has 0 saturated heterocycles. The summed E-state index contributed by atoms with van der Waals surface area (Å²) in [6, 6.07) is 2.03. The summed E-state index contributed by atoms with van der Waals surface area (Å²) in [7, 11) is 0. The second-order valence-corrected chi connectivity index (χ2v) is 6.31. The zero-order chi connectivity index (χ0) is 14.0. The molecule has 0 aliphatic heterocycles. The summed E-state index contributed by atoms with van der Waals surface area (Å²) in [5.74, 6) is -0.513. The average Bonchev–Trinajstić information content (AvgIpc) is 3.06. The summed E-state index contributed by atoms with van der Waals surface area (Å²) >= 11 is 3.17. The van der Waals surface area contributed by atoms with Gasteiger partial charge in [-0.25, -0.2) is 0 Å². The van der Waals surface area contributed by atoms with E-state index >= 15 is 0 Å². The van der Waals surface area contributed by atoms with Crippen LogP contribution in [0.25, 0.3) is 0 Å². The number of hydrogen-bond donors (Lipinski definition) is 1. The van der Waals surface area contributed by atoms with E-state index in [4.69, 9.17) is 0 Å².